The summed E-state index contributed by atoms with van der Waals surface area (Å²) in [5.74, 6) is -0.416. The van der Waals surface area contributed by atoms with Crippen LogP contribution in [0.25, 0.3) is 5.65 Å². The molecule has 0 aromatic carbocycles. The monoisotopic (exact) mass is 281 g/mol. The fourth-order valence-corrected chi connectivity index (χ4v) is 2.04. The van der Waals surface area contributed by atoms with Crippen LogP contribution >= 0.6 is 15.9 Å². The maximum atomic E-state index is 11.1. The van der Waals surface area contributed by atoms with Crippen molar-refractivity contribution in [3.63, 3.8) is 0 Å². The van der Waals surface area contributed by atoms with Gasteiger partial charge < -0.3 is 5.11 Å². The highest BCUT2D eigenvalue weighted by Gasteiger charge is 2.55. The van der Waals surface area contributed by atoms with Gasteiger partial charge in [0.2, 0.25) is 0 Å². The number of fused-ring (bicyclic) bond motifs is 1. The zero-order valence-corrected chi connectivity index (χ0v) is 9.81. The largest absolute Gasteiger partial charge is 0.480 e. The smallest absolute Gasteiger partial charge is 0.317 e. The van der Waals surface area contributed by atoms with Crippen molar-refractivity contribution in [3.8, 4) is 0 Å². The van der Waals surface area contributed by atoms with E-state index >= 15 is 0 Å². The first-order valence-corrected chi connectivity index (χ1v) is 5.67. The van der Waals surface area contributed by atoms with E-state index in [9.17, 15) is 4.79 Å². The summed E-state index contributed by atoms with van der Waals surface area (Å²) in [5.41, 5.74) is -0.163. The summed E-state index contributed by atoms with van der Waals surface area (Å²) >= 11 is 3.33. The molecular weight excluding hydrogens is 274 g/mol. The highest BCUT2D eigenvalue weighted by Crippen LogP contribution is 2.46. The minimum absolute atomic E-state index is 0.415. The molecule has 0 atom stereocenters. The SMILES string of the molecule is O=C(O)C1(c2nc3ccc(Br)cn3n2)CC1. The lowest BCUT2D eigenvalue weighted by molar-refractivity contribution is -0.140. The molecule has 1 fully saturated rings. The summed E-state index contributed by atoms with van der Waals surface area (Å²) in [6.07, 6.45) is 3.02. The number of carboxylic acid groups (broad SMARTS) is 1. The molecule has 0 aliphatic heterocycles. The van der Waals surface area contributed by atoms with E-state index in [0.29, 0.717) is 24.3 Å². The molecule has 16 heavy (non-hydrogen) atoms. The second kappa shape index (κ2) is 3.04. The predicted molar refractivity (Wildman–Crippen MR) is 59.2 cm³/mol. The molecule has 0 amide bonds. The summed E-state index contributed by atoms with van der Waals surface area (Å²) in [5, 5.41) is 13.4. The van der Waals surface area contributed by atoms with E-state index < -0.39 is 11.4 Å². The Morgan fingerprint density at radius 2 is 2.25 bits per heavy atom. The molecule has 0 bridgehead atoms. The Morgan fingerprint density at radius 1 is 1.50 bits per heavy atom. The van der Waals surface area contributed by atoms with Gasteiger partial charge in [0.05, 0.1) is 0 Å². The number of carbonyl (C=O) groups is 1. The Morgan fingerprint density at radius 3 is 2.88 bits per heavy atom. The minimum atomic E-state index is -0.835. The van der Waals surface area contributed by atoms with Crippen molar-refractivity contribution < 1.29 is 9.90 Å². The maximum absolute atomic E-state index is 11.1. The van der Waals surface area contributed by atoms with Crippen LogP contribution in [0.4, 0.5) is 0 Å². The fraction of sp³-hybridized carbons (Fsp3) is 0.300. The van der Waals surface area contributed by atoms with Gasteiger partial charge in [0.25, 0.3) is 0 Å². The van der Waals surface area contributed by atoms with Gasteiger partial charge in [-0.3, -0.25) is 4.79 Å². The molecule has 1 saturated carbocycles. The molecule has 0 spiro atoms. The van der Waals surface area contributed by atoms with Gasteiger partial charge >= 0.3 is 5.97 Å². The second-order valence-electron chi connectivity index (χ2n) is 3.97. The summed E-state index contributed by atoms with van der Waals surface area (Å²) < 4.78 is 2.49. The average molecular weight is 282 g/mol. The highest BCUT2D eigenvalue weighted by molar-refractivity contribution is 9.10. The normalized spacial score (nSPS) is 17.6. The van der Waals surface area contributed by atoms with Crippen LogP contribution in [-0.4, -0.2) is 25.7 Å². The van der Waals surface area contributed by atoms with Crippen LogP contribution in [0.1, 0.15) is 18.7 Å². The van der Waals surface area contributed by atoms with Crippen LogP contribution < -0.4 is 0 Å². The molecule has 6 heteroatoms. The third kappa shape index (κ3) is 1.26. The maximum Gasteiger partial charge on any atom is 0.317 e. The van der Waals surface area contributed by atoms with E-state index in [1.807, 2.05) is 6.07 Å². The van der Waals surface area contributed by atoms with Crippen LogP contribution in [-0.2, 0) is 10.2 Å². The van der Waals surface area contributed by atoms with Gasteiger partial charge in [-0.2, -0.15) is 5.10 Å². The third-order valence-electron chi connectivity index (χ3n) is 2.88. The van der Waals surface area contributed by atoms with E-state index in [0.717, 1.165) is 4.47 Å². The number of halogens is 1. The van der Waals surface area contributed by atoms with Gasteiger partial charge in [-0.1, -0.05) is 0 Å². The standard InChI is InChI=1S/C10H8BrN3O2/c11-6-1-2-7-12-8(13-14(7)5-6)10(3-4-10)9(15)16/h1-2,5H,3-4H2,(H,15,16). The van der Waals surface area contributed by atoms with Crippen molar-refractivity contribution in [2.75, 3.05) is 0 Å². The molecule has 1 N–H and O–H groups in total. The van der Waals surface area contributed by atoms with Crippen LogP contribution in [0.15, 0.2) is 22.8 Å². The van der Waals surface area contributed by atoms with Crippen LogP contribution in [0.3, 0.4) is 0 Å². The zero-order valence-electron chi connectivity index (χ0n) is 8.22. The first-order chi connectivity index (χ1) is 7.62. The summed E-state index contributed by atoms with van der Waals surface area (Å²) in [4.78, 5) is 15.4. The molecule has 0 saturated heterocycles. The number of hydrogen-bond donors (Lipinski definition) is 1. The van der Waals surface area contributed by atoms with Gasteiger partial charge in [0.15, 0.2) is 11.5 Å². The number of hydrogen-bond acceptors (Lipinski definition) is 3. The van der Waals surface area contributed by atoms with Crippen molar-refractivity contribution in [1.82, 2.24) is 14.6 Å². The number of rotatable bonds is 2. The van der Waals surface area contributed by atoms with E-state index in [4.69, 9.17) is 5.11 Å². The van der Waals surface area contributed by atoms with E-state index in [-0.39, 0.29) is 0 Å². The van der Waals surface area contributed by atoms with Crippen molar-refractivity contribution >= 4 is 27.5 Å². The second-order valence-corrected chi connectivity index (χ2v) is 4.89. The molecule has 0 radical (unpaired) electrons. The average Bonchev–Trinajstić information content (AvgIpc) is 2.94. The van der Waals surface area contributed by atoms with E-state index in [1.165, 1.54) is 0 Å². The number of aromatic nitrogens is 3. The zero-order chi connectivity index (χ0) is 11.3. The fourth-order valence-electron chi connectivity index (χ4n) is 1.72. The third-order valence-corrected chi connectivity index (χ3v) is 3.35. The van der Waals surface area contributed by atoms with Crippen molar-refractivity contribution in [1.29, 1.82) is 0 Å². The molecular formula is C10H8BrN3O2. The van der Waals surface area contributed by atoms with Gasteiger partial charge in [-0.15, -0.1) is 0 Å². The summed E-state index contributed by atoms with van der Waals surface area (Å²) in [6.45, 7) is 0. The Balaban J connectivity index is 2.16. The lowest BCUT2D eigenvalue weighted by Crippen LogP contribution is -2.21. The van der Waals surface area contributed by atoms with Crippen molar-refractivity contribution in [2.24, 2.45) is 0 Å². The van der Waals surface area contributed by atoms with Gasteiger partial charge in [-0.05, 0) is 40.9 Å². The minimum Gasteiger partial charge on any atom is -0.480 e. The molecule has 5 nitrogen and oxygen atoms in total. The Kier molecular flexibility index (Phi) is 1.85. The van der Waals surface area contributed by atoms with Gasteiger partial charge in [0.1, 0.15) is 5.41 Å². The Hall–Kier alpha value is -1.43. The number of carboxylic acids is 1. The molecule has 2 aromatic heterocycles. The summed E-state index contributed by atoms with van der Waals surface area (Å²) in [6, 6.07) is 3.66. The molecule has 1 aliphatic carbocycles. The molecule has 2 aromatic rings. The first-order valence-electron chi connectivity index (χ1n) is 4.88. The Labute approximate surface area is 99.2 Å². The van der Waals surface area contributed by atoms with Gasteiger partial charge in [0, 0.05) is 10.7 Å². The first kappa shape index (κ1) is 9.77. The lowest BCUT2D eigenvalue weighted by Gasteiger charge is -2.01. The Bertz CT molecular complexity index is 589. The molecule has 3 rings (SSSR count). The van der Waals surface area contributed by atoms with Crippen LogP contribution in [0.5, 0.6) is 0 Å². The van der Waals surface area contributed by atoms with Crippen molar-refractivity contribution in [2.45, 2.75) is 18.3 Å². The lowest BCUT2D eigenvalue weighted by atomic mass is 10.1. The number of nitrogens with zero attached hydrogens (tertiary/aromatic N) is 3. The molecule has 82 valence electrons. The number of pyridine rings is 1. The molecule has 1 aliphatic rings. The number of aliphatic carboxylic acids is 1. The predicted octanol–water partition coefficient (Wildman–Crippen LogP) is 1.61. The highest BCUT2D eigenvalue weighted by atomic mass is 79.9. The van der Waals surface area contributed by atoms with Crippen LogP contribution in [0.2, 0.25) is 0 Å². The topological polar surface area (TPSA) is 67.5 Å². The molecule has 2 heterocycles. The summed E-state index contributed by atoms with van der Waals surface area (Å²) in [7, 11) is 0. The molecule has 0 unspecified atom stereocenters. The quantitative estimate of drug-likeness (QED) is 0.908. The van der Waals surface area contributed by atoms with E-state index in [1.54, 1.807) is 16.8 Å². The van der Waals surface area contributed by atoms with E-state index in [2.05, 4.69) is 26.0 Å². The van der Waals surface area contributed by atoms with Crippen molar-refractivity contribution in [3.05, 3.63) is 28.6 Å². The van der Waals surface area contributed by atoms with Crippen LogP contribution in [0, 0.1) is 0 Å². The van der Waals surface area contributed by atoms with Gasteiger partial charge in [-0.25, -0.2) is 9.50 Å².